The second-order valence-electron chi connectivity index (χ2n) is 3.63. The Bertz CT molecular complexity index is 331. The van der Waals surface area contributed by atoms with Gasteiger partial charge in [0.2, 0.25) is 0 Å². The first-order valence-electron chi connectivity index (χ1n) is 4.25. The molecule has 2 aliphatic carbocycles. The summed E-state index contributed by atoms with van der Waals surface area (Å²) in [4.78, 5) is 0. The molecule has 1 unspecified atom stereocenters. The van der Waals surface area contributed by atoms with Crippen LogP contribution in [0.2, 0.25) is 0 Å². The van der Waals surface area contributed by atoms with E-state index in [4.69, 9.17) is 34.8 Å². The number of hydrogen-bond acceptors (Lipinski definition) is 1. The van der Waals surface area contributed by atoms with E-state index in [9.17, 15) is 4.21 Å². The number of rotatable bonds is 1. The highest BCUT2D eigenvalue weighted by Crippen LogP contribution is 2.48. The largest absolute Gasteiger partial charge is 0.266 e. The van der Waals surface area contributed by atoms with Crippen LogP contribution in [-0.4, -0.2) is 12.6 Å². The summed E-state index contributed by atoms with van der Waals surface area (Å²) in [5.74, 6) is 0.574. The smallest absolute Gasteiger partial charge is 0.254 e. The minimum atomic E-state index is -1.70. The van der Waals surface area contributed by atoms with Crippen molar-refractivity contribution < 1.29 is 4.21 Å². The van der Waals surface area contributed by atoms with Gasteiger partial charge in [-0.2, -0.15) is 0 Å². The van der Waals surface area contributed by atoms with Crippen LogP contribution >= 0.6 is 34.8 Å². The molecular formula is C9H9Cl3OS. The van der Waals surface area contributed by atoms with Crippen molar-refractivity contribution in [1.29, 1.82) is 0 Å². The zero-order valence-corrected chi connectivity index (χ0v) is 10.3. The molecule has 0 aliphatic heterocycles. The fourth-order valence-electron chi connectivity index (χ4n) is 2.15. The maximum Gasteiger partial charge on any atom is 0.266 e. The first kappa shape index (κ1) is 11.0. The fourth-order valence-corrected chi connectivity index (χ4v) is 4.27. The van der Waals surface area contributed by atoms with Gasteiger partial charge in [-0.25, -0.2) is 0 Å². The molecule has 0 heterocycles. The summed E-state index contributed by atoms with van der Waals surface area (Å²) in [7, 11) is -1.50. The Labute approximate surface area is 101 Å². The van der Waals surface area contributed by atoms with Crippen molar-refractivity contribution in [3.8, 4) is 0 Å². The molecule has 2 aliphatic rings. The molecular weight excluding hydrogens is 263 g/mol. The van der Waals surface area contributed by atoms with E-state index in [-0.39, 0.29) is 11.2 Å². The summed E-state index contributed by atoms with van der Waals surface area (Å²) in [6, 6.07) is 0. The van der Waals surface area contributed by atoms with E-state index in [2.05, 4.69) is 18.7 Å². The minimum Gasteiger partial charge on any atom is -0.254 e. The highest BCUT2D eigenvalue weighted by molar-refractivity contribution is 7.92. The molecule has 1 saturated carbocycles. The van der Waals surface area contributed by atoms with Crippen LogP contribution in [0.1, 0.15) is 6.42 Å². The molecule has 5 heteroatoms. The van der Waals surface area contributed by atoms with Crippen molar-refractivity contribution in [2.24, 2.45) is 11.8 Å². The Morgan fingerprint density at radius 2 is 2.07 bits per heavy atom. The van der Waals surface area contributed by atoms with Crippen molar-refractivity contribution in [1.82, 2.24) is 0 Å². The maximum absolute atomic E-state index is 11.9. The van der Waals surface area contributed by atoms with Gasteiger partial charge in [0, 0.05) is 0 Å². The molecule has 0 aromatic rings. The molecule has 1 fully saturated rings. The van der Waals surface area contributed by atoms with Gasteiger partial charge >= 0.3 is 0 Å². The SMILES string of the molecule is C=C1[C@H]2C=C[C@H](C2)[C@H]1S(=O)C(Cl)(Cl)Cl. The van der Waals surface area contributed by atoms with Crippen LogP contribution in [0.4, 0.5) is 0 Å². The molecule has 0 aromatic carbocycles. The van der Waals surface area contributed by atoms with E-state index in [0.717, 1.165) is 12.0 Å². The zero-order chi connectivity index (χ0) is 10.5. The van der Waals surface area contributed by atoms with Crippen LogP contribution in [0.3, 0.4) is 0 Å². The number of allylic oxidation sites excluding steroid dienone is 2. The average Bonchev–Trinajstić information content (AvgIpc) is 2.61. The number of halogens is 3. The van der Waals surface area contributed by atoms with Crippen molar-refractivity contribution >= 4 is 45.6 Å². The predicted octanol–water partition coefficient (Wildman–Crippen LogP) is 3.19. The van der Waals surface area contributed by atoms with E-state index in [1.807, 2.05) is 0 Å². The van der Waals surface area contributed by atoms with E-state index >= 15 is 0 Å². The summed E-state index contributed by atoms with van der Waals surface area (Å²) in [6.45, 7) is 3.93. The first-order chi connectivity index (χ1) is 6.41. The summed E-state index contributed by atoms with van der Waals surface area (Å²) in [5.41, 5.74) is 0.946. The zero-order valence-electron chi connectivity index (χ0n) is 7.25. The van der Waals surface area contributed by atoms with Crippen molar-refractivity contribution in [3.05, 3.63) is 24.3 Å². The Morgan fingerprint density at radius 1 is 1.43 bits per heavy atom. The molecule has 1 nitrogen and oxygen atoms in total. The molecule has 2 bridgehead atoms. The Morgan fingerprint density at radius 3 is 2.50 bits per heavy atom. The lowest BCUT2D eigenvalue weighted by atomic mass is 10.0. The second-order valence-corrected chi connectivity index (χ2v) is 8.30. The highest BCUT2D eigenvalue weighted by atomic mass is 35.6. The van der Waals surface area contributed by atoms with Gasteiger partial charge in [0.05, 0.1) is 16.0 Å². The predicted molar refractivity (Wildman–Crippen MR) is 62.1 cm³/mol. The van der Waals surface area contributed by atoms with E-state index in [0.29, 0.717) is 5.92 Å². The second kappa shape index (κ2) is 3.51. The summed E-state index contributed by atoms with van der Waals surface area (Å²) >= 11 is 16.9. The van der Waals surface area contributed by atoms with Crippen LogP contribution in [0, 0.1) is 11.8 Å². The Hall–Kier alpha value is 0.500. The highest BCUT2D eigenvalue weighted by Gasteiger charge is 2.47. The van der Waals surface area contributed by atoms with Gasteiger partial charge in [-0.05, 0) is 18.3 Å². The monoisotopic (exact) mass is 270 g/mol. The molecule has 0 radical (unpaired) electrons. The Balaban J connectivity index is 2.25. The van der Waals surface area contributed by atoms with Gasteiger partial charge in [0.1, 0.15) is 0 Å². The van der Waals surface area contributed by atoms with Gasteiger partial charge in [0.15, 0.2) is 0 Å². The molecule has 14 heavy (non-hydrogen) atoms. The lowest BCUT2D eigenvalue weighted by Crippen LogP contribution is -2.30. The summed E-state index contributed by atoms with van der Waals surface area (Å²) in [5, 5.41) is -0.183. The van der Waals surface area contributed by atoms with E-state index in [1.165, 1.54) is 0 Å². The fraction of sp³-hybridized carbons (Fsp3) is 0.556. The lowest BCUT2D eigenvalue weighted by molar-refractivity contribution is 0.652. The third kappa shape index (κ3) is 1.67. The number of alkyl halides is 3. The van der Waals surface area contributed by atoms with Gasteiger partial charge in [0.25, 0.3) is 3.12 Å². The topological polar surface area (TPSA) is 17.1 Å². The third-order valence-electron chi connectivity index (χ3n) is 2.81. The molecule has 0 aromatic heterocycles. The van der Waals surface area contributed by atoms with Gasteiger partial charge in [-0.1, -0.05) is 59.1 Å². The maximum atomic E-state index is 11.9. The standard InChI is InChI=1S/C9H9Cl3OS/c1-5-6-2-3-7(4-6)8(5)14(13)9(10,11)12/h2-3,6-8H,1,4H2/t6-,7+,8-,14?/m0/s1. The quantitative estimate of drug-likeness (QED) is 0.529. The minimum absolute atomic E-state index is 0.183. The molecule has 0 saturated heterocycles. The van der Waals surface area contributed by atoms with Gasteiger partial charge < -0.3 is 0 Å². The molecule has 0 amide bonds. The molecule has 0 N–H and O–H groups in total. The van der Waals surface area contributed by atoms with E-state index < -0.39 is 13.9 Å². The summed E-state index contributed by atoms with van der Waals surface area (Å²) < 4.78 is 10.2. The van der Waals surface area contributed by atoms with Gasteiger partial charge in [-0.3, -0.25) is 4.21 Å². The van der Waals surface area contributed by atoms with Crippen LogP contribution in [0.25, 0.3) is 0 Å². The van der Waals surface area contributed by atoms with Crippen molar-refractivity contribution in [2.75, 3.05) is 0 Å². The van der Waals surface area contributed by atoms with Crippen LogP contribution in [0.5, 0.6) is 0 Å². The van der Waals surface area contributed by atoms with Crippen LogP contribution in [0.15, 0.2) is 24.3 Å². The number of hydrogen-bond donors (Lipinski definition) is 0. The van der Waals surface area contributed by atoms with Crippen molar-refractivity contribution in [3.63, 3.8) is 0 Å². The number of fused-ring (bicyclic) bond motifs is 2. The average molecular weight is 272 g/mol. The first-order valence-corrected chi connectivity index (χ1v) is 6.60. The van der Waals surface area contributed by atoms with Crippen LogP contribution < -0.4 is 0 Å². The molecule has 0 spiro atoms. The lowest BCUT2D eigenvalue weighted by Gasteiger charge is -2.23. The van der Waals surface area contributed by atoms with Crippen LogP contribution in [-0.2, 0) is 10.8 Å². The normalized spacial score (nSPS) is 37.9. The summed E-state index contributed by atoms with van der Waals surface area (Å²) in [6.07, 6.45) is 5.12. The van der Waals surface area contributed by atoms with Crippen molar-refractivity contribution in [2.45, 2.75) is 14.8 Å². The third-order valence-corrected chi connectivity index (χ3v) is 5.74. The van der Waals surface area contributed by atoms with Gasteiger partial charge in [-0.15, -0.1) is 0 Å². The molecule has 4 atom stereocenters. The molecule has 78 valence electrons. The Kier molecular flexibility index (Phi) is 2.76. The van der Waals surface area contributed by atoms with E-state index in [1.54, 1.807) is 0 Å². The molecule has 2 rings (SSSR count).